The van der Waals surface area contributed by atoms with Crippen molar-refractivity contribution in [3.8, 4) is 6.07 Å². The molecule has 1 aromatic carbocycles. The van der Waals surface area contributed by atoms with E-state index in [-0.39, 0.29) is 6.03 Å². The van der Waals surface area contributed by atoms with Crippen LogP contribution in [0, 0.1) is 16.7 Å². The fraction of sp³-hybridized carbons (Fsp3) is 0.556. The lowest BCUT2D eigenvalue weighted by Crippen LogP contribution is -2.53. The number of rotatable bonds is 3. The van der Waals surface area contributed by atoms with E-state index in [2.05, 4.69) is 22.4 Å². The molecule has 2 amide bonds. The van der Waals surface area contributed by atoms with Gasteiger partial charge in [0.05, 0.1) is 11.6 Å². The van der Waals surface area contributed by atoms with E-state index in [1.807, 2.05) is 18.2 Å². The van der Waals surface area contributed by atoms with Crippen LogP contribution in [0.2, 0.25) is 0 Å². The molecule has 0 unspecified atom stereocenters. The minimum absolute atomic E-state index is 0.00743. The van der Waals surface area contributed by atoms with Gasteiger partial charge in [0.25, 0.3) is 0 Å². The van der Waals surface area contributed by atoms with Crippen LogP contribution in [0.15, 0.2) is 24.3 Å². The molecule has 1 heterocycles. The molecule has 1 aliphatic heterocycles. The molecule has 2 aliphatic rings. The average molecular weight is 312 g/mol. The first-order chi connectivity index (χ1) is 11.0. The predicted molar refractivity (Wildman–Crippen MR) is 88.7 cm³/mol. The average Bonchev–Trinajstić information content (AvgIpc) is 2.91. The molecule has 122 valence electrons. The molecule has 0 aromatic heterocycles. The number of carbonyl (C=O) groups excluding carboxylic acids is 1. The Morgan fingerprint density at radius 2 is 2.26 bits per heavy atom. The Morgan fingerprint density at radius 1 is 1.48 bits per heavy atom. The highest BCUT2D eigenvalue weighted by Crippen LogP contribution is 2.48. The first kappa shape index (κ1) is 15.8. The summed E-state index contributed by atoms with van der Waals surface area (Å²) in [5.74, 6) is 0. The van der Waals surface area contributed by atoms with Crippen LogP contribution in [-0.4, -0.2) is 49.1 Å². The van der Waals surface area contributed by atoms with Gasteiger partial charge in [0.15, 0.2) is 0 Å². The topological polar surface area (TPSA) is 59.4 Å². The van der Waals surface area contributed by atoms with Crippen molar-refractivity contribution in [1.29, 1.82) is 5.26 Å². The van der Waals surface area contributed by atoms with Gasteiger partial charge in [-0.3, -0.25) is 4.90 Å². The maximum Gasteiger partial charge on any atom is 0.317 e. The molecule has 1 aliphatic carbocycles. The zero-order chi connectivity index (χ0) is 16.4. The summed E-state index contributed by atoms with van der Waals surface area (Å²) in [5, 5.41) is 12.1. The predicted octanol–water partition coefficient (Wildman–Crippen LogP) is 2.18. The third-order valence-electron chi connectivity index (χ3n) is 5.07. The SMILES string of the molecule is CN(C)C(=O)NC1CC2(CCN(Cc3cccc(C#N)c3)C2)C1. The van der Waals surface area contributed by atoms with E-state index in [1.165, 1.54) is 12.0 Å². The quantitative estimate of drug-likeness (QED) is 0.930. The summed E-state index contributed by atoms with van der Waals surface area (Å²) in [6.07, 6.45) is 3.38. The highest BCUT2D eigenvalue weighted by molar-refractivity contribution is 5.74. The van der Waals surface area contributed by atoms with Crippen LogP contribution in [-0.2, 0) is 6.54 Å². The van der Waals surface area contributed by atoms with Gasteiger partial charge >= 0.3 is 6.03 Å². The smallest absolute Gasteiger partial charge is 0.317 e. The second-order valence-electron chi connectivity index (χ2n) is 7.22. The second kappa shape index (κ2) is 6.21. The van der Waals surface area contributed by atoms with Crippen molar-refractivity contribution in [2.75, 3.05) is 27.2 Å². The van der Waals surface area contributed by atoms with Crippen LogP contribution in [0.1, 0.15) is 30.4 Å². The number of benzene rings is 1. The standard InChI is InChI=1S/C18H24N4O/c1-21(2)17(23)20-16-9-18(10-16)6-7-22(13-18)12-15-5-3-4-14(8-15)11-19/h3-5,8,16H,6-7,9-10,12-13H2,1-2H3,(H,20,23). The van der Waals surface area contributed by atoms with Crippen molar-refractivity contribution in [3.63, 3.8) is 0 Å². The van der Waals surface area contributed by atoms with Gasteiger partial charge in [-0.05, 0) is 48.9 Å². The number of nitrogens with one attached hydrogen (secondary N) is 1. The van der Waals surface area contributed by atoms with Crippen molar-refractivity contribution < 1.29 is 4.79 Å². The van der Waals surface area contributed by atoms with Gasteiger partial charge in [0.2, 0.25) is 0 Å². The van der Waals surface area contributed by atoms with E-state index in [4.69, 9.17) is 5.26 Å². The molecule has 5 nitrogen and oxygen atoms in total. The Bertz CT molecular complexity index is 628. The number of nitriles is 1. The number of likely N-dealkylation sites (tertiary alicyclic amines) is 1. The first-order valence-corrected chi connectivity index (χ1v) is 8.19. The number of carbonyl (C=O) groups is 1. The van der Waals surface area contributed by atoms with Crippen LogP contribution >= 0.6 is 0 Å². The summed E-state index contributed by atoms with van der Waals surface area (Å²) in [7, 11) is 3.55. The maximum atomic E-state index is 11.7. The highest BCUT2D eigenvalue weighted by atomic mass is 16.2. The van der Waals surface area contributed by atoms with Crippen molar-refractivity contribution in [3.05, 3.63) is 35.4 Å². The molecule has 1 aromatic rings. The van der Waals surface area contributed by atoms with Gasteiger partial charge in [-0.15, -0.1) is 0 Å². The lowest BCUT2D eigenvalue weighted by Gasteiger charge is -2.45. The lowest BCUT2D eigenvalue weighted by molar-refractivity contribution is 0.0899. The number of nitrogens with zero attached hydrogens (tertiary/aromatic N) is 3. The molecule has 5 heteroatoms. The van der Waals surface area contributed by atoms with E-state index >= 15 is 0 Å². The lowest BCUT2D eigenvalue weighted by atomic mass is 9.65. The fourth-order valence-electron chi connectivity index (χ4n) is 3.88. The molecule has 1 saturated carbocycles. The van der Waals surface area contributed by atoms with Crippen LogP contribution in [0.3, 0.4) is 0 Å². The normalized spacial score (nSPS) is 26.6. The highest BCUT2D eigenvalue weighted by Gasteiger charge is 2.48. The minimum atomic E-state index is 0.00743. The van der Waals surface area contributed by atoms with Gasteiger partial charge in [0.1, 0.15) is 0 Å². The van der Waals surface area contributed by atoms with Crippen LogP contribution in [0.25, 0.3) is 0 Å². The monoisotopic (exact) mass is 312 g/mol. The van der Waals surface area contributed by atoms with Crippen molar-refractivity contribution in [2.45, 2.75) is 31.8 Å². The zero-order valence-electron chi connectivity index (χ0n) is 13.9. The van der Waals surface area contributed by atoms with Gasteiger partial charge in [-0.1, -0.05) is 12.1 Å². The van der Waals surface area contributed by atoms with Crippen molar-refractivity contribution >= 4 is 6.03 Å². The summed E-state index contributed by atoms with van der Waals surface area (Å²) in [6.45, 7) is 3.11. The van der Waals surface area contributed by atoms with Crippen molar-refractivity contribution in [2.24, 2.45) is 5.41 Å². The van der Waals surface area contributed by atoms with Gasteiger partial charge < -0.3 is 10.2 Å². The molecular formula is C18H24N4O. The molecule has 1 saturated heterocycles. The molecule has 23 heavy (non-hydrogen) atoms. The van der Waals surface area contributed by atoms with E-state index in [0.29, 0.717) is 11.5 Å². The Labute approximate surface area is 137 Å². The number of hydrogen-bond acceptors (Lipinski definition) is 3. The van der Waals surface area contributed by atoms with Crippen LogP contribution < -0.4 is 5.32 Å². The summed E-state index contributed by atoms with van der Waals surface area (Å²) in [4.78, 5) is 15.8. The van der Waals surface area contributed by atoms with E-state index in [0.717, 1.165) is 38.0 Å². The van der Waals surface area contributed by atoms with E-state index in [9.17, 15) is 4.79 Å². The Kier molecular flexibility index (Phi) is 4.27. The van der Waals surface area contributed by atoms with Gasteiger partial charge in [-0.2, -0.15) is 5.26 Å². The summed E-state index contributed by atoms with van der Waals surface area (Å²) < 4.78 is 0. The molecule has 1 spiro atoms. The van der Waals surface area contributed by atoms with E-state index in [1.54, 1.807) is 19.0 Å². The fourth-order valence-corrected chi connectivity index (χ4v) is 3.88. The first-order valence-electron chi connectivity index (χ1n) is 8.19. The second-order valence-corrected chi connectivity index (χ2v) is 7.22. The molecular weight excluding hydrogens is 288 g/mol. The molecule has 1 N–H and O–H groups in total. The number of amides is 2. The summed E-state index contributed by atoms with van der Waals surface area (Å²) in [6, 6.07) is 10.4. The van der Waals surface area contributed by atoms with Crippen molar-refractivity contribution in [1.82, 2.24) is 15.1 Å². The molecule has 0 radical (unpaired) electrons. The largest absolute Gasteiger partial charge is 0.335 e. The number of hydrogen-bond donors (Lipinski definition) is 1. The number of urea groups is 1. The van der Waals surface area contributed by atoms with Crippen LogP contribution in [0.4, 0.5) is 4.79 Å². The molecule has 0 atom stereocenters. The third-order valence-corrected chi connectivity index (χ3v) is 5.07. The molecule has 3 rings (SSSR count). The minimum Gasteiger partial charge on any atom is -0.335 e. The molecule has 0 bridgehead atoms. The van der Waals surface area contributed by atoms with E-state index < -0.39 is 0 Å². The zero-order valence-corrected chi connectivity index (χ0v) is 13.9. The van der Waals surface area contributed by atoms with Gasteiger partial charge in [0, 0.05) is 33.2 Å². The Morgan fingerprint density at radius 3 is 2.96 bits per heavy atom. The Balaban J connectivity index is 1.50. The molecule has 2 fully saturated rings. The van der Waals surface area contributed by atoms with Crippen LogP contribution in [0.5, 0.6) is 0 Å². The van der Waals surface area contributed by atoms with Gasteiger partial charge in [-0.25, -0.2) is 4.79 Å². The maximum absolute atomic E-state index is 11.7. The summed E-state index contributed by atoms with van der Waals surface area (Å²) in [5.41, 5.74) is 2.32. The summed E-state index contributed by atoms with van der Waals surface area (Å²) >= 11 is 0. The Hall–Kier alpha value is -2.06. The third kappa shape index (κ3) is 3.48.